The van der Waals surface area contributed by atoms with Crippen molar-refractivity contribution < 1.29 is 0 Å². The Morgan fingerprint density at radius 2 is 1.75 bits per heavy atom. The molecule has 2 aromatic carbocycles. The third kappa shape index (κ3) is 2.80. The average Bonchev–Trinajstić information content (AvgIpc) is 2.30. The fraction of sp³-hybridized carbons (Fsp3) is 0.0714. The maximum Gasteiger partial charge on any atom is 0.0644 e. The zero-order valence-corrected chi connectivity index (χ0v) is 10.6. The highest BCUT2D eigenvalue weighted by molar-refractivity contribution is 9.10. The standard InChI is InChI=1S/C14H12BrN/c1-11(12-6-3-2-4-7-12)16-14-9-5-8-13(15)10-14/h2-10H,1H3. The fourth-order valence-corrected chi connectivity index (χ4v) is 1.87. The van der Waals surface area contributed by atoms with E-state index in [0.29, 0.717) is 0 Å². The van der Waals surface area contributed by atoms with Gasteiger partial charge in [-0.2, -0.15) is 0 Å². The number of hydrogen-bond donors (Lipinski definition) is 0. The van der Waals surface area contributed by atoms with Crippen LogP contribution in [0.25, 0.3) is 0 Å². The van der Waals surface area contributed by atoms with Gasteiger partial charge in [0.15, 0.2) is 0 Å². The summed E-state index contributed by atoms with van der Waals surface area (Å²) in [4.78, 5) is 4.58. The first-order valence-corrected chi connectivity index (χ1v) is 5.91. The molecular weight excluding hydrogens is 262 g/mol. The molecule has 0 amide bonds. The lowest BCUT2D eigenvalue weighted by atomic mass is 10.1. The van der Waals surface area contributed by atoms with Gasteiger partial charge in [0.25, 0.3) is 0 Å². The lowest BCUT2D eigenvalue weighted by molar-refractivity contribution is 1.46. The molecule has 0 radical (unpaired) electrons. The van der Waals surface area contributed by atoms with E-state index in [2.05, 4.69) is 33.1 Å². The molecule has 0 aliphatic heterocycles. The van der Waals surface area contributed by atoms with Crippen molar-refractivity contribution >= 4 is 27.3 Å². The topological polar surface area (TPSA) is 12.4 Å². The van der Waals surface area contributed by atoms with E-state index in [4.69, 9.17) is 0 Å². The van der Waals surface area contributed by atoms with E-state index in [1.54, 1.807) is 0 Å². The van der Waals surface area contributed by atoms with E-state index in [-0.39, 0.29) is 0 Å². The molecule has 1 nitrogen and oxygen atoms in total. The molecule has 0 aromatic heterocycles. The summed E-state index contributed by atoms with van der Waals surface area (Å²) in [7, 11) is 0. The third-order valence-corrected chi connectivity index (χ3v) is 2.79. The molecule has 0 N–H and O–H groups in total. The van der Waals surface area contributed by atoms with Gasteiger partial charge in [0.05, 0.1) is 5.69 Å². The Balaban J connectivity index is 2.32. The molecule has 0 spiro atoms. The van der Waals surface area contributed by atoms with Gasteiger partial charge in [-0.3, -0.25) is 4.99 Å². The predicted molar refractivity (Wildman–Crippen MR) is 72.5 cm³/mol. The first-order chi connectivity index (χ1) is 7.75. The molecule has 0 aliphatic carbocycles. The number of aliphatic imine (C=N–C) groups is 1. The smallest absolute Gasteiger partial charge is 0.0644 e. The van der Waals surface area contributed by atoms with Gasteiger partial charge in [-0.05, 0) is 30.7 Å². The van der Waals surface area contributed by atoms with E-state index < -0.39 is 0 Å². The van der Waals surface area contributed by atoms with Crippen LogP contribution < -0.4 is 0 Å². The van der Waals surface area contributed by atoms with E-state index in [1.807, 2.05) is 49.4 Å². The molecule has 80 valence electrons. The molecule has 0 unspecified atom stereocenters. The number of rotatable bonds is 2. The van der Waals surface area contributed by atoms with Crippen molar-refractivity contribution in [3.05, 3.63) is 64.6 Å². The summed E-state index contributed by atoms with van der Waals surface area (Å²) in [6.45, 7) is 2.02. The molecule has 0 heterocycles. The largest absolute Gasteiger partial charge is 0.253 e. The van der Waals surface area contributed by atoms with Crippen LogP contribution in [0.1, 0.15) is 12.5 Å². The normalized spacial score (nSPS) is 11.5. The second-order valence-corrected chi connectivity index (χ2v) is 4.46. The Morgan fingerprint density at radius 1 is 1.00 bits per heavy atom. The summed E-state index contributed by atoms with van der Waals surface area (Å²) in [5, 5.41) is 0. The molecule has 0 saturated carbocycles. The summed E-state index contributed by atoms with van der Waals surface area (Å²) in [6.07, 6.45) is 0. The van der Waals surface area contributed by atoms with Crippen LogP contribution in [-0.2, 0) is 0 Å². The van der Waals surface area contributed by atoms with Gasteiger partial charge in [-0.1, -0.05) is 52.3 Å². The molecule has 0 atom stereocenters. The van der Waals surface area contributed by atoms with Crippen molar-refractivity contribution in [1.82, 2.24) is 0 Å². The van der Waals surface area contributed by atoms with E-state index in [0.717, 1.165) is 21.4 Å². The number of benzene rings is 2. The van der Waals surface area contributed by atoms with Gasteiger partial charge in [0.2, 0.25) is 0 Å². The Bertz CT molecular complexity index is 503. The molecule has 0 bridgehead atoms. The van der Waals surface area contributed by atoms with Gasteiger partial charge < -0.3 is 0 Å². The lowest BCUT2D eigenvalue weighted by Crippen LogP contribution is -1.92. The minimum absolute atomic E-state index is 0.968. The van der Waals surface area contributed by atoms with E-state index >= 15 is 0 Å². The van der Waals surface area contributed by atoms with Crippen molar-refractivity contribution in [3.63, 3.8) is 0 Å². The fourth-order valence-electron chi connectivity index (χ4n) is 1.48. The second-order valence-electron chi connectivity index (χ2n) is 3.54. The molecule has 0 fully saturated rings. The summed E-state index contributed by atoms with van der Waals surface area (Å²) < 4.78 is 1.05. The number of halogens is 1. The van der Waals surface area contributed by atoms with Crippen molar-refractivity contribution in [2.75, 3.05) is 0 Å². The highest BCUT2D eigenvalue weighted by Gasteiger charge is 1.96. The van der Waals surface area contributed by atoms with Crippen molar-refractivity contribution in [2.45, 2.75) is 6.92 Å². The minimum Gasteiger partial charge on any atom is -0.253 e. The predicted octanol–water partition coefficient (Wildman–Crippen LogP) is 4.59. The molecule has 2 aromatic rings. The Morgan fingerprint density at radius 3 is 2.44 bits per heavy atom. The zero-order valence-electron chi connectivity index (χ0n) is 9.02. The molecule has 2 rings (SSSR count). The van der Waals surface area contributed by atoms with Crippen LogP contribution in [0.5, 0.6) is 0 Å². The lowest BCUT2D eigenvalue weighted by Gasteiger charge is -2.01. The maximum atomic E-state index is 4.58. The number of nitrogens with zero attached hydrogens (tertiary/aromatic N) is 1. The average molecular weight is 274 g/mol. The van der Waals surface area contributed by atoms with Gasteiger partial charge in [0.1, 0.15) is 0 Å². The highest BCUT2D eigenvalue weighted by atomic mass is 79.9. The van der Waals surface area contributed by atoms with Crippen LogP contribution in [0.15, 0.2) is 64.1 Å². The molecule has 0 saturated heterocycles. The first-order valence-electron chi connectivity index (χ1n) is 5.12. The van der Waals surface area contributed by atoms with Gasteiger partial charge in [0, 0.05) is 10.2 Å². The monoisotopic (exact) mass is 273 g/mol. The molecule has 0 aliphatic rings. The van der Waals surface area contributed by atoms with Gasteiger partial charge in [-0.15, -0.1) is 0 Å². The summed E-state index contributed by atoms with van der Waals surface area (Å²) in [6, 6.07) is 18.2. The van der Waals surface area contributed by atoms with Crippen LogP contribution in [0.3, 0.4) is 0 Å². The van der Waals surface area contributed by atoms with Crippen molar-refractivity contribution in [1.29, 1.82) is 0 Å². The van der Waals surface area contributed by atoms with Crippen LogP contribution in [0.2, 0.25) is 0 Å². The summed E-state index contributed by atoms with van der Waals surface area (Å²) >= 11 is 3.44. The van der Waals surface area contributed by atoms with Gasteiger partial charge >= 0.3 is 0 Å². The van der Waals surface area contributed by atoms with Crippen LogP contribution in [0.4, 0.5) is 5.69 Å². The molecular formula is C14H12BrN. The SMILES string of the molecule is CC(=Nc1cccc(Br)c1)c1ccccc1. The highest BCUT2D eigenvalue weighted by Crippen LogP contribution is 2.19. The maximum absolute atomic E-state index is 4.58. The number of hydrogen-bond acceptors (Lipinski definition) is 1. The quantitative estimate of drug-likeness (QED) is 0.710. The molecule has 16 heavy (non-hydrogen) atoms. The van der Waals surface area contributed by atoms with Crippen LogP contribution >= 0.6 is 15.9 Å². The molecule has 2 heteroatoms. The summed E-state index contributed by atoms with van der Waals surface area (Å²) in [5.41, 5.74) is 3.15. The first kappa shape index (κ1) is 11.1. The van der Waals surface area contributed by atoms with E-state index in [1.165, 1.54) is 0 Å². The van der Waals surface area contributed by atoms with Crippen LogP contribution in [0, 0.1) is 0 Å². The Labute approximate surface area is 104 Å². The second kappa shape index (κ2) is 5.08. The Hall–Kier alpha value is -1.41. The minimum atomic E-state index is 0.968. The van der Waals surface area contributed by atoms with E-state index in [9.17, 15) is 0 Å². The summed E-state index contributed by atoms with van der Waals surface area (Å²) in [5.74, 6) is 0. The van der Waals surface area contributed by atoms with Gasteiger partial charge in [-0.25, -0.2) is 0 Å². The van der Waals surface area contributed by atoms with Crippen molar-refractivity contribution in [2.24, 2.45) is 4.99 Å². The third-order valence-electron chi connectivity index (χ3n) is 2.30. The Kier molecular flexibility index (Phi) is 3.52. The zero-order chi connectivity index (χ0) is 11.4. The van der Waals surface area contributed by atoms with Crippen LogP contribution in [-0.4, -0.2) is 5.71 Å². The van der Waals surface area contributed by atoms with Crippen molar-refractivity contribution in [3.8, 4) is 0 Å².